The molecule has 0 aliphatic heterocycles. The molecule has 0 saturated heterocycles. The first-order valence-electron chi connectivity index (χ1n) is 8.66. The number of amides is 2. The molecule has 2 aromatic rings. The molecule has 0 unspecified atom stereocenters. The predicted octanol–water partition coefficient (Wildman–Crippen LogP) is 2.96. The molecule has 3 rings (SSSR count). The van der Waals surface area contributed by atoms with E-state index in [-0.39, 0.29) is 24.2 Å². The van der Waals surface area contributed by atoms with Crippen molar-refractivity contribution in [2.75, 3.05) is 0 Å². The van der Waals surface area contributed by atoms with Gasteiger partial charge in [0.15, 0.2) is 0 Å². The van der Waals surface area contributed by atoms with E-state index in [4.69, 9.17) is 0 Å². The minimum Gasteiger partial charge on any atom is -0.335 e. The summed E-state index contributed by atoms with van der Waals surface area (Å²) in [6, 6.07) is 8.33. The van der Waals surface area contributed by atoms with Gasteiger partial charge in [-0.1, -0.05) is 18.2 Å². The van der Waals surface area contributed by atoms with Gasteiger partial charge in [-0.25, -0.2) is 4.79 Å². The molecule has 1 aliphatic carbocycles. The highest BCUT2D eigenvalue weighted by Crippen LogP contribution is 2.41. The Bertz CT molecular complexity index is 870. The summed E-state index contributed by atoms with van der Waals surface area (Å²) in [6.45, 7) is 8.17. The van der Waals surface area contributed by atoms with Crippen LogP contribution in [0.4, 0.5) is 4.79 Å². The molecule has 1 fully saturated rings. The van der Waals surface area contributed by atoms with E-state index in [1.54, 1.807) is 0 Å². The maximum Gasteiger partial charge on any atom is 0.315 e. The van der Waals surface area contributed by atoms with Gasteiger partial charge in [-0.2, -0.15) is 0 Å². The summed E-state index contributed by atoms with van der Waals surface area (Å²) in [6.07, 6.45) is 0.958. The summed E-state index contributed by atoms with van der Waals surface area (Å²) in [5.41, 5.74) is 6.01. The standard InChI is InChI=1S/C20H25N3O2/c1-11-5-6-15(8-12(11)2)16-9-18(16)23-20(25)21-10-17-13(3)7-14(4)22-19(17)24/h5-8,16,18H,9-10H2,1-4H3,(H,22,24)(H2,21,23,25)/t16-,18+/m0/s1. The average molecular weight is 339 g/mol. The van der Waals surface area contributed by atoms with Crippen molar-refractivity contribution in [1.82, 2.24) is 15.6 Å². The van der Waals surface area contributed by atoms with E-state index in [0.29, 0.717) is 11.5 Å². The Morgan fingerprint density at radius 1 is 1.12 bits per heavy atom. The van der Waals surface area contributed by atoms with E-state index in [9.17, 15) is 9.59 Å². The highest BCUT2D eigenvalue weighted by atomic mass is 16.2. The minimum atomic E-state index is -0.226. The molecule has 132 valence electrons. The first kappa shape index (κ1) is 17.3. The van der Waals surface area contributed by atoms with Crippen molar-refractivity contribution >= 4 is 6.03 Å². The highest BCUT2D eigenvalue weighted by Gasteiger charge is 2.39. The van der Waals surface area contributed by atoms with E-state index in [0.717, 1.165) is 17.7 Å². The number of hydrogen-bond acceptors (Lipinski definition) is 2. The molecule has 1 saturated carbocycles. The van der Waals surface area contributed by atoms with Crippen molar-refractivity contribution in [2.24, 2.45) is 0 Å². The number of carbonyl (C=O) groups excluding carboxylic acids is 1. The number of H-pyrrole nitrogens is 1. The van der Waals surface area contributed by atoms with Crippen molar-refractivity contribution in [3.63, 3.8) is 0 Å². The monoisotopic (exact) mass is 339 g/mol. The van der Waals surface area contributed by atoms with E-state index in [2.05, 4.69) is 47.7 Å². The lowest BCUT2D eigenvalue weighted by Gasteiger charge is -2.10. The molecule has 0 bridgehead atoms. The number of urea groups is 1. The molecule has 3 N–H and O–H groups in total. The Morgan fingerprint density at radius 2 is 1.88 bits per heavy atom. The van der Waals surface area contributed by atoms with Gasteiger partial charge in [-0.05, 0) is 62.4 Å². The van der Waals surface area contributed by atoms with Crippen LogP contribution in [0.3, 0.4) is 0 Å². The molecule has 1 aliphatic rings. The van der Waals surface area contributed by atoms with E-state index >= 15 is 0 Å². The highest BCUT2D eigenvalue weighted by molar-refractivity contribution is 5.75. The van der Waals surface area contributed by atoms with Crippen LogP contribution in [0.15, 0.2) is 29.1 Å². The van der Waals surface area contributed by atoms with Crippen molar-refractivity contribution in [2.45, 2.75) is 52.6 Å². The molecule has 5 heteroatoms. The Kier molecular flexibility index (Phi) is 4.66. The zero-order valence-electron chi connectivity index (χ0n) is 15.2. The Balaban J connectivity index is 1.54. The summed E-state index contributed by atoms with van der Waals surface area (Å²) >= 11 is 0. The van der Waals surface area contributed by atoms with Crippen LogP contribution < -0.4 is 16.2 Å². The van der Waals surface area contributed by atoms with Gasteiger partial charge in [0.2, 0.25) is 0 Å². The zero-order chi connectivity index (χ0) is 18.1. The van der Waals surface area contributed by atoms with E-state index in [1.165, 1.54) is 16.7 Å². The van der Waals surface area contributed by atoms with Gasteiger partial charge < -0.3 is 15.6 Å². The molecule has 1 heterocycles. The van der Waals surface area contributed by atoms with Crippen LogP contribution in [0.1, 0.15) is 45.8 Å². The van der Waals surface area contributed by atoms with Crippen LogP contribution in [0.25, 0.3) is 0 Å². The van der Waals surface area contributed by atoms with Crippen LogP contribution in [0, 0.1) is 27.7 Å². The molecular formula is C20H25N3O2. The lowest BCUT2D eigenvalue weighted by Crippen LogP contribution is -2.38. The summed E-state index contributed by atoms with van der Waals surface area (Å²) < 4.78 is 0. The summed E-state index contributed by atoms with van der Waals surface area (Å²) in [4.78, 5) is 26.9. The molecule has 5 nitrogen and oxygen atoms in total. The van der Waals surface area contributed by atoms with Crippen molar-refractivity contribution in [1.29, 1.82) is 0 Å². The number of aromatic nitrogens is 1. The number of hydrogen-bond donors (Lipinski definition) is 3. The molecular weight excluding hydrogens is 314 g/mol. The Labute approximate surface area is 147 Å². The molecule has 0 radical (unpaired) electrons. The number of benzene rings is 1. The Hall–Kier alpha value is -2.56. The smallest absolute Gasteiger partial charge is 0.315 e. The Morgan fingerprint density at radius 3 is 2.56 bits per heavy atom. The van der Waals surface area contributed by atoms with Gasteiger partial charge in [0.1, 0.15) is 0 Å². The molecule has 2 atom stereocenters. The summed E-state index contributed by atoms with van der Waals surface area (Å²) in [7, 11) is 0. The minimum absolute atomic E-state index is 0.141. The third kappa shape index (κ3) is 3.92. The number of rotatable bonds is 4. The van der Waals surface area contributed by atoms with Crippen LogP contribution in [-0.2, 0) is 6.54 Å². The van der Waals surface area contributed by atoms with Gasteiger partial charge in [0.25, 0.3) is 5.56 Å². The largest absolute Gasteiger partial charge is 0.335 e. The van der Waals surface area contributed by atoms with Crippen LogP contribution in [-0.4, -0.2) is 17.1 Å². The fraction of sp³-hybridized carbons (Fsp3) is 0.400. The summed E-state index contributed by atoms with van der Waals surface area (Å²) in [5.74, 6) is 0.384. The number of aromatic amines is 1. The second-order valence-corrected chi connectivity index (χ2v) is 7.06. The zero-order valence-corrected chi connectivity index (χ0v) is 15.2. The normalized spacial score (nSPS) is 18.7. The third-order valence-electron chi connectivity index (χ3n) is 4.99. The van der Waals surface area contributed by atoms with Crippen molar-refractivity contribution < 1.29 is 4.79 Å². The van der Waals surface area contributed by atoms with Gasteiger partial charge in [-0.15, -0.1) is 0 Å². The molecule has 1 aromatic heterocycles. The fourth-order valence-electron chi connectivity index (χ4n) is 3.21. The van der Waals surface area contributed by atoms with E-state index in [1.807, 2.05) is 19.9 Å². The average Bonchev–Trinajstić information content (AvgIpc) is 3.28. The number of aryl methyl sites for hydroxylation is 4. The fourth-order valence-corrected chi connectivity index (χ4v) is 3.21. The van der Waals surface area contributed by atoms with Gasteiger partial charge in [0.05, 0.1) is 6.54 Å². The first-order valence-corrected chi connectivity index (χ1v) is 8.66. The second kappa shape index (κ2) is 6.75. The number of nitrogens with one attached hydrogen (secondary N) is 3. The van der Waals surface area contributed by atoms with Gasteiger partial charge in [-0.3, -0.25) is 4.79 Å². The predicted molar refractivity (Wildman–Crippen MR) is 99.0 cm³/mol. The van der Waals surface area contributed by atoms with Crippen LogP contribution in [0.5, 0.6) is 0 Å². The lowest BCUT2D eigenvalue weighted by atomic mass is 10.0. The van der Waals surface area contributed by atoms with Crippen molar-refractivity contribution in [3.05, 3.63) is 68.1 Å². The maximum absolute atomic E-state index is 12.1. The molecule has 0 spiro atoms. The number of pyridine rings is 1. The third-order valence-corrected chi connectivity index (χ3v) is 4.99. The van der Waals surface area contributed by atoms with Crippen molar-refractivity contribution in [3.8, 4) is 0 Å². The van der Waals surface area contributed by atoms with Gasteiger partial charge in [0, 0.05) is 23.2 Å². The van der Waals surface area contributed by atoms with Crippen LogP contribution >= 0.6 is 0 Å². The van der Waals surface area contributed by atoms with E-state index < -0.39 is 0 Å². The molecule has 25 heavy (non-hydrogen) atoms. The van der Waals surface area contributed by atoms with Gasteiger partial charge >= 0.3 is 6.03 Å². The topological polar surface area (TPSA) is 74.0 Å². The summed E-state index contributed by atoms with van der Waals surface area (Å²) in [5, 5.41) is 5.79. The molecule has 1 aromatic carbocycles. The van der Waals surface area contributed by atoms with Crippen LogP contribution in [0.2, 0.25) is 0 Å². The number of carbonyl (C=O) groups is 1. The first-order chi connectivity index (χ1) is 11.8. The SMILES string of the molecule is Cc1cc(C)c(CNC(=O)N[C@@H]2C[C@H]2c2ccc(C)c(C)c2)c(=O)[nH]1. The lowest BCUT2D eigenvalue weighted by molar-refractivity contribution is 0.240. The quantitative estimate of drug-likeness (QED) is 0.801. The maximum atomic E-state index is 12.1. The molecule has 2 amide bonds. The second-order valence-electron chi connectivity index (χ2n) is 7.06.